The van der Waals surface area contributed by atoms with Crippen molar-refractivity contribution in [1.82, 2.24) is 14.6 Å². The predicted molar refractivity (Wildman–Crippen MR) is 188 cm³/mol. The Morgan fingerprint density at radius 3 is 2.80 bits per heavy atom. The minimum absolute atomic E-state index is 0.0186. The largest absolute Gasteiger partial charge is 0.490 e. The topological polar surface area (TPSA) is 101 Å². The zero-order valence-corrected chi connectivity index (χ0v) is 29.4. The molecule has 260 valence electrons. The fourth-order valence-corrected chi connectivity index (χ4v) is 9.20. The van der Waals surface area contributed by atoms with Gasteiger partial charge in [-0.1, -0.05) is 36.7 Å². The van der Waals surface area contributed by atoms with Crippen molar-refractivity contribution in [3.8, 4) is 11.6 Å². The van der Waals surface area contributed by atoms with Crippen molar-refractivity contribution >= 4 is 33.2 Å². The average Bonchev–Trinajstić information content (AvgIpc) is 3.23. The van der Waals surface area contributed by atoms with Crippen LogP contribution in [0.3, 0.4) is 0 Å². The lowest BCUT2D eigenvalue weighted by atomic mass is 9.70. The van der Waals surface area contributed by atoms with Gasteiger partial charge in [0.25, 0.3) is 5.91 Å². The van der Waals surface area contributed by atoms with Gasteiger partial charge in [0.2, 0.25) is 15.9 Å². The Labute approximate surface area is 292 Å². The SMILES string of the molecule is C[C@@H]1[C@@H](C)C/C=C(\F)[C@H](COc2ccccn2)N2CC[C@@H]2CN2C[C@@]3(CCCc4cc(Cl)ccc43)COc3ccc(cc32)C(=O)NS1(=O)=O. The van der Waals surface area contributed by atoms with Crippen LogP contribution in [0.15, 0.2) is 72.7 Å². The number of pyridine rings is 1. The lowest BCUT2D eigenvalue weighted by Gasteiger charge is -2.48. The summed E-state index contributed by atoms with van der Waals surface area (Å²) >= 11 is 6.43. The summed E-state index contributed by atoms with van der Waals surface area (Å²) in [7, 11) is -4.07. The van der Waals surface area contributed by atoms with E-state index in [9.17, 15) is 13.2 Å². The Kier molecular flexibility index (Phi) is 9.36. The van der Waals surface area contributed by atoms with Gasteiger partial charge in [0.15, 0.2) is 0 Å². The Morgan fingerprint density at radius 1 is 1.16 bits per heavy atom. The lowest BCUT2D eigenvalue weighted by Crippen LogP contribution is -2.60. The summed E-state index contributed by atoms with van der Waals surface area (Å²) in [6.45, 7) is 5.61. The van der Waals surface area contributed by atoms with Crippen LogP contribution in [-0.4, -0.2) is 74.4 Å². The number of amides is 1. The number of carbonyl (C=O) groups is 1. The molecule has 9 nitrogen and oxygen atoms in total. The van der Waals surface area contributed by atoms with E-state index in [0.717, 1.165) is 25.7 Å². The first-order chi connectivity index (χ1) is 23.5. The molecule has 7 rings (SSSR count). The van der Waals surface area contributed by atoms with Crippen LogP contribution in [0.25, 0.3) is 0 Å². The van der Waals surface area contributed by atoms with Crippen LogP contribution < -0.4 is 19.1 Å². The van der Waals surface area contributed by atoms with Gasteiger partial charge in [-0.15, -0.1) is 0 Å². The molecule has 1 amide bonds. The number of carbonyl (C=O) groups excluding carboxylic acids is 1. The first kappa shape index (κ1) is 33.8. The summed E-state index contributed by atoms with van der Waals surface area (Å²) in [5.41, 5.74) is 3.00. The number of nitrogens with one attached hydrogen (secondary N) is 1. The maximum atomic E-state index is 16.3. The monoisotopic (exact) mass is 708 g/mol. The number of aryl methyl sites for hydroxylation is 1. The highest BCUT2D eigenvalue weighted by molar-refractivity contribution is 7.90. The molecule has 0 radical (unpaired) electrons. The summed E-state index contributed by atoms with van der Waals surface area (Å²) < 4.78 is 58.0. The third-order valence-corrected chi connectivity index (χ3v) is 13.0. The third-order valence-electron chi connectivity index (χ3n) is 10.9. The molecule has 1 aliphatic carbocycles. The highest BCUT2D eigenvalue weighted by atomic mass is 35.5. The molecule has 0 saturated carbocycles. The van der Waals surface area contributed by atoms with Gasteiger partial charge >= 0.3 is 0 Å². The van der Waals surface area contributed by atoms with E-state index in [4.69, 9.17) is 21.1 Å². The molecule has 3 aromatic rings. The number of allylic oxidation sites excluding steroid dienone is 1. The number of aromatic nitrogens is 1. The second-order valence-corrected chi connectivity index (χ2v) is 16.4. The first-order valence-electron chi connectivity index (χ1n) is 17.0. The van der Waals surface area contributed by atoms with E-state index in [2.05, 4.69) is 25.6 Å². The van der Waals surface area contributed by atoms with Crippen LogP contribution in [0.5, 0.6) is 11.6 Å². The molecular weight excluding hydrogens is 667 g/mol. The predicted octanol–water partition coefficient (Wildman–Crippen LogP) is 6.07. The van der Waals surface area contributed by atoms with Gasteiger partial charge in [-0.05, 0) is 92.5 Å². The fourth-order valence-electron chi connectivity index (χ4n) is 7.72. The van der Waals surface area contributed by atoms with Gasteiger partial charge in [-0.3, -0.25) is 9.69 Å². The molecule has 4 heterocycles. The number of benzene rings is 2. The van der Waals surface area contributed by atoms with Gasteiger partial charge < -0.3 is 14.4 Å². The van der Waals surface area contributed by atoms with Gasteiger partial charge in [0.1, 0.15) is 18.2 Å². The molecule has 12 heteroatoms. The van der Waals surface area contributed by atoms with Crippen molar-refractivity contribution < 1.29 is 27.1 Å². The maximum absolute atomic E-state index is 16.3. The van der Waals surface area contributed by atoms with Crippen molar-refractivity contribution in [2.75, 3.05) is 37.7 Å². The zero-order chi connectivity index (χ0) is 34.3. The molecule has 1 N–H and O–H groups in total. The fraction of sp³-hybridized carbons (Fsp3) is 0.459. The molecule has 1 fully saturated rings. The molecule has 1 saturated heterocycles. The lowest BCUT2D eigenvalue weighted by molar-refractivity contribution is 0.0274. The summed E-state index contributed by atoms with van der Waals surface area (Å²) in [5.74, 6) is -0.511. The van der Waals surface area contributed by atoms with E-state index in [1.807, 2.05) is 18.2 Å². The van der Waals surface area contributed by atoms with E-state index < -0.39 is 33.1 Å². The van der Waals surface area contributed by atoms with E-state index >= 15 is 4.39 Å². The van der Waals surface area contributed by atoms with Crippen molar-refractivity contribution in [3.63, 3.8) is 0 Å². The molecule has 2 bridgehead atoms. The molecular formula is C37H42ClFN4O5S. The van der Waals surface area contributed by atoms with Gasteiger partial charge in [-0.25, -0.2) is 22.5 Å². The van der Waals surface area contributed by atoms with Crippen molar-refractivity contribution in [2.45, 2.75) is 68.7 Å². The molecule has 2 aromatic carbocycles. The summed E-state index contributed by atoms with van der Waals surface area (Å²) in [6.07, 6.45) is 6.95. The Hall–Kier alpha value is -3.67. The van der Waals surface area contributed by atoms with Crippen LogP contribution in [0, 0.1) is 5.92 Å². The van der Waals surface area contributed by atoms with Crippen molar-refractivity contribution in [1.29, 1.82) is 0 Å². The van der Waals surface area contributed by atoms with Crippen LogP contribution in [0.2, 0.25) is 5.02 Å². The molecule has 5 atom stereocenters. The quantitative estimate of drug-likeness (QED) is 0.350. The van der Waals surface area contributed by atoms with Crippen LogP contribution >= 0.6 is 11.6 Å². The normalized spacial score (nSPS) is 29.6. The number of hydrogen-bond donors (Lipinski definition) is 1. The average molecular weight is 709 g/mol. The van der Waals surface area contributed by atoms with Crippen LogP contribution in [-0.2, 0) is 21.9 Å². The number of rotatable bonds is 3. The third kappa shape index (κ3) is 6.77. The standard InChI is InChI=1S/C37H42ClFN4O5S/c1-24-8-12-31(39)33(21-47-35-7-3-4-16-40-35)43-17-14-29(43)20-42-22-37(15-5-6-26-18-28(38)10-11-30(26)37)23-48-34-13-9-27(19-32(34)42)36(44)41-49(45,46)25(24)2/h3-4,7,9-13,16,18-19,24-25,29,33H,5-6,8,14-15,17,20-23H2,1-2H3,(H,41,44)/b31-12-/t24-,25+,29+,33-,37-/m0/s1. The second kappa shape index (κ2) is 13.6. The van der Waals surface area contributed by atoms with Crippen LogP contribution in [0.4, 0.5) is 10.1 Å². The molecule has 49 heavy (non-hydrogen) atoms. The first-order valence-corrected chi connectivity index (χ1v) is 19.0. The number of sulfonamides is 1. The molecule has 0 unspecified atom stereocenters. The minimum Gasteiger partial charge on any atom is -0.490 e. The Morgan fingerprint density at radius 2 is 2.02 bits per heavy atom. The zero-order valence-electron chi connectivity index (χ0n) is 27.8. The van der Waals surface area contributed by atoms with Gasteiger partial charge in [-0.2, -0.15) is 0 Å². The molecule has 1 aromatic heterocycles. The molecule has 3 aliphatic heterocycles. The second-order valence-electron chi connectivity index (χ2n) is 13.9. The molecule has 1 spiro atoms. The number of ether oxygens (including phenoxy) is 2. The summed E-state index contributed by atoms with van der Waals surface area (Å²) in [4.78, 5) is 22.1. The van der Waals surface area contributed by atoms with E-state index in [0.29, 0.717) is 48.6 Å². The van der Waals surface area contributed by atoms with E-state index in [1.54, 1.807) is 50.4 Å². The van der Waals surface area contributed by atoms with E-state index in [1.165, 1.54) is 17.2 Å². The van der Waals surface area contributed by atoms with Crippen molar-refractivity contribution in [3.05, 3.63) is 94.4 Å². The summed E-state index contributed by atoms with van der Waals surface area (Å²) in [5, 5.41) is -0.249. The number of hydrogen-bond acceptors (Lipinski definition) is 8. The number of halogens is 2. The Balaban J connectivity index is 1.29. The van der Waals surface area contributed by atoms with Crippen LogP contribution in [0.1, 0.15) is 61.0 Å². The molecule has 4 aliphatic rings. The highest BCUT2D eigenvalue weighted by Gasteiger charge is 2.44. The van der Waals surface area contributed by atoms with Gasteiger partial charge in [0, 0.05) is 53.9 Å². The van der Waals surface area contributed by atoms with Crippen molar-refractivity contribution in [2.24, 2.45) is 5.92 Å². The smallest absolute Gasteiger partial charge is 0.264 e. The maximum Gasteiger partial charge on any atom is 0.264 e. The number of anilines is 1. The van der Waals surface area contributed by atoms with E-state index in [-0.39, 0.29) is 35.9 Å². The highest BCUT2D eigenvalue weighted by Crippen LogP contribution is 2.45. The van der Waals surface area contributed by atoms with Gasteiger partial charge in [0.05, 0.1) is 23.6 Å². The number of fused-ring (bicyclic) bond motifs is 4. The minimum atomic E-state index is -4.07. The Bertz CT molecular complexity index is 1860. The number of nitrogens with zero attached hydrogens (tertiary/aromatic N) is 3. The summed E-state index contributed by atoms with van der Waals surface area (Å²) in [6, 6.07) is 15.8.